The molecule has 3 rings (SSSR count). The molecule has 1 unspecified atom stereocenters. The maximum atomic E-state index is 13.2. The minimum absolute atomic E-state index is 0.167. The zero-order valence-electron chi connectivity index (χ0n) is 19.0. The Kier molecular flexibility index (Phi) is 8.84. The van der Waals surface area contributed by atoms with Crippen LogP contribution in [0.1, 0.15) is 70.6 Å². The van der Waals surface area contributed by atoms with Crippen molar-refractivity contribution in [2.45, 2.75) is 88.8 Å². The van der Waals surface area contributed by atoms with Crippen molar-refractivity contribution in [1.29, 1.82) is 0 Å². The monoisotopic (exact) mass is 446 g/mol. The van der Waals surface area contributed by atoms with Crippen LogP contribution in [0, 0.1) is 11.8 Å². The van der Waals surface area contributed by atoms with Gasteiger partial charge < -0.3 is 21.3 Å². The van der Waals surface area contributed by atoms with E-state index in [1.807, 2.05) is 0 Å². The van der Waals surface area contributed by atoms with E-state index < -0.39 is 29.8 Å². The normalized spacial score (nSPS) is 23.7. The molecule has 1 heterocycles. The quantitative estimate of drug-likeness (QED) is 0.346. The molecule has 178 valence electrons. The van der Waals surface area contributed by atoms with Gasteiger partial charge in [-0.2, -0.15) is 0 Å². The first-order valence-corrected chi connectivity index (χ1v) is 12.2. The minimum Gasteiger partial charge on any atom is -0.346 e. The molecule has 0 aromatic heterocycles. The van der Waals surface area contributed by atoms with Crippen molar-refractivity contribution < 1.29 is 19.2 Å². The summed E-state index contributed by atoms with van der Waals surface area (Å²) in [5, 5.41) is 5.31. The van der Waals surface area contributed by atoms with Crippen LogP contribution < -0.4 is 16.4 Å². The van der Waals surface area contributed by atoms with Gasteiger partial charge >= 0.3 is 0 Å². The molecule has 2 aliphatic carbocycles. The SMILES string of the molecule is C=CCNC(=O)C(=O)C(CC1CCC1)NC(=O)[C@@H]1CCCN1C(=O)[C@@H](N)C1CCCCC1. The van der Waals surface area contributed by atoms with Crippen LogP contribution in [0.2, 0.25) is 0 Å². The average molecular weight is 447 g/mol. The summed E-state index contributed by atoms with van der Waals surface area (Å²) >= 11 is 0. The molecule has 0 bridgehead atoms. The fourth-order valence-electron chi connectivity index (χ4n) is 5.16. The molecule has 8 nitrogen and oxygen atoms in total. The number of nitrogens with zero attached hydrogens (tertiary/aromatic N) is 1. The van der Waals surface area contributed by atoms with E-state index >= 15 is 0 Å². The molecule has 0 spiro atoms. The van der Waals surface area contributed by atoms with Gasteiger partial charge in [-0.25, -0.2) is 0 Å². The maximum absolute atomic E-state index is 13.2. The molecule has 1 saturated heterocycles. The van der Waals surface area contributed by atoms with Crippen molar-refractivity contribution in [3.8, 4) is 0 Å². The second-order valence-electron chi connectivity index (χ2n) is 9.57. The number of amides is 3. The highest BCUT2D eigenvalue weighted by atomic mass is 16.2. The summed E-state index contributed by atoms with van der Waals surface area (Å²) in [5.74, 6) is -1.38. The van der Waals surface area contributed by atoms with Crippen molar-refractivity contribution in [2.75, 3.05) is 13.1 Å². The number of likely N-dealkylation sites (tertiary alicyclic amines) is 1. The zero-order chi connectivity index (χ0) is 23.1. The Morgan fingerprint density at radius 3 is 2.34 bits per heavy atom. The number of nitrogens with one attached hydrogen (secondary N) is 2. The predicted molar refractivity (Wildman–Crippen MR) is 121 cm³/mol. The summed E-state index contributed by atoms with van der Waals surface area (Å²) in [6, 6.07) is -2.09. The summed E-state index contributed by atoms with van der Waals surface area (Å²) in [4.78, 5) is 52.8. The van der Waals surface area contributed by atoms with E-state index in [0.29, 0.717) is 25.3 Å². The molecule has 0 aromatic carbocycles. The number of hydrogen-bond acceptors (Lipinski definition) is 5. The van der Waals surface area contributed by atoms with Crippen LogP contribution in [0.15, 0.2) is 12.7 Å². The lowest BCUT2D eigenvalue weighted by atomic mass is 9.80. The van der Waals surface area contributed by atoms with Gasteiger partial charge in [0.25, 0.3) is 5.91 Å². The molecule has 2 saturated carbocycles. The first-order chi connectivity index (χ1) is 15.4. The van der Waals surface area contributed by atoms with Crippen LogP contribution in [0.3, 0.4) is 0 Å². The molecule has 3 fully saturated rings. The van der Waals surface area contributed by atoms with Gasteiger partial charge in [-0.05, 0) is 43.9 Å². The largest absolute Gasteiger partial charge is 0.346 e. The van der Waals surface area contributed by atoms with Crippen molar-refractivity contribution in [3.05, 3.63) is 12.7 Å². The fraction of sp³-hybridized carbons (Fsp3) is 0.750. The van der Waals surface area contributed by atoms with E-state index in [1.165, 1.54) is 12.5 Å². The first kappa shape index (κ1) is 24.4. The molecular formula is C24H38N4O4. The van der Waals surface area contributed by atoms with E-state index in [4.69, 9.17) is 5.73 Å². The second kappa shape index (κ2) is 11.6. The Hall–Kier alpha value is -2.22. The highest BCUT2D eigenvalue weighted by Crippen LogP contribution is 2.31. The lowest BCUT2D eigenvalue weighted by Gasteiger charge is -2.33. The van der Waals surface area contributed by atoms with Gasteiger partial charge in [0, 0.05) is 13.1 Å². The number of nitrogens with two attached hydrogens (primary N) is 1. The second-order valence-corrected chi connectivity index (χ2v) is 9.57. The van der Waals surface area contributed by atoms with Crippen LogP contribution in [0.5, 0.6) is 0 Å². The van der Waals surface area contributed by atoms with Gasteiger partial charge in [0.05, 0.1) is 12.1 Å². The molecule has 3 aliphatic rings. The Balaban J connectivity index is 1.64. The molecule has 32 heavy (non-hydrogen) atoms. The molecule has 0 radical (unpaired) electrons. The standard InChI is InChI=1S/C24H38N4O4/c1-2-13-26-23(31)21(29)18(15-16-8-6-9-16)27-22(30)19-12-7-14-28(19)24(32)20(25)17-10-4-3-5-11-17/h2,16-20H,1,3-15,25H2,(H,26,31)(H,27,30)/t18?,19-,20-/m0/s1. The molecule has 4 N–H and O–H groups in total. The summed E-state index contributed by atoms with van der Waals surface area (Å²) in [5.41, 5.74) is 6.32. The van der Waals surface area contributed by atoms with Crippen LogP contribution in [0.4, 0.5) is 0 Å². The number of carbonyl (C=O) groups excluding carboxylic acids is 4. The summed E-state index contributed by atoms with van der Waals surface area (Å²) in [6.07, 6.45) is 11.6. The summed E-state index contributed by atoms with van der Waals surface area (Å²) in [6.45, 7) is 4.23. The third-order valence-corrected chi connectivity index (χ3v) is 7.34. The third-order valence-electron chi connectivity index (χ3n) is 7.34. The van der Waals surface area contributed by atoms with Crippen LogP contribution in [0.25, 0.3) is 0 Å². The van der Waals surface area contributed by atoms with E-state index in [1.54, 1.807) is 4.90 Å². The number of rotatable bonds is 10. The average Bonchev–Trinajstić information content (AvgIpc) is 3.28. The van der Waals surface area contributed by atoms with Crippen LogP contribution in [-0.2, 0) is 19.2 Å². The Labute approximate surface area is 190 Å². The van der Waals surface area contributed by atoms with E-state index in [-0.39, 0.29) is 24.3 Å². The summed E-state index contributed by atoms with van der Waals surface area (Å²) < 4.78 is 0. The molecule has 3 atom stereocenters. The Bertz CT molecular complexity index is 715. The van der Waals surface area contributed by atoms with Gasteiger partial charge in [-0.1, -0.05) is 44.6 Å². The molecular weight excluding hydrogens is 408 g/mol. The lowest BCUT2D eigenvalue weighted by Crippen LogP contribution is -2.56. The van der Waals surface area contributed by atoms with Crippen molar-refractivity contribution in [3.63, 3.8) is 0 Å². The number of ketones is 1. The Morgan fingerprint density at radius 1 is 1.00 bits per heavy atom. The van der Waals surface area contributed by atoms with Gasteiger partial charge in [0.15, 0.2) is 0 Å². The summed E-state index contributed by atoms with van der Waals surface area (Å²) in [7, 11) is 0. The maximum Gasteiger partial charge on any atom is 0.289 e. The molecule has 0 aromatic rings. The highest BCUT2D eigenvalue weighted by Gasteiger charge is 2.40. The zero-order valence-corrected chi connectivity index (χ0v) is 19.0. The minimum atomic E-state index is -0.873. The predicted octanol–water partition coefficient (Wildman–Crippen LogP) is 1.43. The van der Waals surface area contributed by atoms with E-state index in [9.17, 15) is 19.2 Å². The number of hydrogen-bond donors (Lipinski definition) is 3. The molecule has 8 heteroatoms. The number of Topliss-reactive ketones (excluding diaryl/α,β-unsaturated/α-hetero) is 1. The molecule has 3 amide bonds. The fourth-order valence-corrected chi connectivity index (χ4v) is 5.16. The Morgan fingerprint density at radius 2 is 1.72 bits per heavy atom. The van der Waals surface area contributed by atoms with Gasteiger partial charge in [0.1, 0.15) is 6.04 Å². The van der Waals surface area contributed by atoms with Crippen LogP contribution in [-0.4, -0.2) is 59.6 Å². The lowest BCUT2D eigenvalue weighted by molar-refractivity contribution is -0.143. The van der Waals surface area contributed by atoms with E-state index in [0.717, 1.165) is 51.4 Å². The first-order valence-electron chi connectivity index (χ1n) is 12.2. The molecule has 1 aliphatic heterocycles. The van der Waals surface area contributed by atoms with Gasteiger partial charge in [-0.15, -0.1) is 6.58 Å². The van der Waals surface area contributed by atoms with Crippen LogP contribution >= 0.6 is 0 Å². The highest BCUT2D eigenvalue weighted by molar-refractivity contribution is 6.38. The van der Waals surface area contributed by atoms with Gasteiger partial charge in [-0.3, -0.25) is 19.2 Å². The topological polar surface area (TPSA) is 122 Å². The number of carbonyl (C=O) groups is 4. The van der Waals surface area contributed by atoms with Crippen molar-refractivity contribution >= 4 is 23.5 Å². The van der Waals surface area contributed by atoms with E-state index in [2.05, 4.69) is 17.2 Å². The van der Waals surface area contributed by atoms with Crippen molar-refractivity contribution in [2.24, 2.45) is 17.6 Å². The van der Waals surface area contributed by atoms with Gasteiger partial charge in [0.2, 0.25) is 17.6 Å². The van der Waals surface area contributed by atoms with Crippen molar-refractivity contribution in [1.82, 2.24) is 15.5 Å². The third kappa shape index (κ3) is 5.97. The smallest absolute Gasteiger partial charge is 0.289 e.